The van der Waals surface area contributed by atoms with Gasteiger partial charge in [-0.1, -0.05) is 36.9 Å². The van der Waals surface area contributed by atoms with Crippen LogP contribution in [-0.4, -0.2) is 27.2 Å². The SMILES string of the molecule is CCCNc1ncc2nc(SCC)sc2n1. The average Bonchev–Trinajstić information content (AvgIpc) is 2.68. The first-order chi connectivity index (χ1) is 7.83. The highest BCUT2D eigenvalue weighted by atomic mass is 32.2. The molecule has 0 aliphatic heterocycles. The summed E-state index contributed by atoms with van der Waals surface area (Å²) in [6.07, 6.45) is 2.86. The Morgan fingerprint density at radius 3 is 3.00 bits per heavy atom. The van der Waals surface area contributed by atoms with Crippen LogP contribution in [0.25, 0.3) is 10.3 Å². The summed E-state index contributed by atoms with van der Waals surface area (Å²) in [5.41, 5.74) is 0.892. The van der Waals surface area contributed by atoms with E-state index in [1.807, 2.05) is 0 Å². The van der Waals surface area contributed by atoms with Crippen molar-refractivity contribution in [3.05, 3.63) is 6.20 Å². The molecule has 1 N–H and O–H groups in total. The number of hydrogen-bond acceptors (Lipinski definition) is 6. The van der Waals surface area contributed by atoms with E-state index in [2.05, 4.69) is 34.1 Å². The zero-order valence-electron chi connectivity index (χ0n) is 9.36. The maximum Gasteiger partial charge on any atom is 0.224 e. The topological polar surface area (TPSA) is 50.7 Å². The summed E-state index contributed by atoms with van der Waals surface area (Å²) < 4.78 is 1.07. The first-order valence-corrected chi connectivity index (χ1v) is 7.14. The molecule has 0 fully saturated rings. The average molecular weight is 254 g/mol. The van der Waals surface area contributed by atoms with Crippen molar-refractivity contribution >= 4 is 39.4 Å². The number of thioether (sulfide) groups is 1. The van der Waals surface area contributed by atoms with Gasteiger partial charge in [-0.25, -0.2) is 15.0 Å². The molecule has 6 heteroatoms. The lowest BCUT2D eigenvalue weighted by Gasteiger charge is -2.00. The Labute approximate surface area is 103 Å². The molecule has 0 unspecified atom stereocenters. The maximum absolute atomic E-state index is 4.45. The Bertz CT molecular complexity index is 469. The van der Waals surface area contributed by atoms with E-state index in [1.165, 1.54) is 0 Å². The summed E-state index contributed by atoms with van der Waals surface area (Å²) in [6, 6.07) is 0. The van der Waals surface area contributed by atoms with Crippen molar-refractivity contribution in [1.82, 2.24) is 15.0 Å². The molecule has 86 valence electrons. The van der Waals surface area contributed by atoms with Gasteiger partial charge in [-0.15, -0.1) is 0 Å². The molecule has 0 atom stereocenters. The molecule has 16 heavy (non-hydrogen) atoms. The third kappa shape index (κ3) is 2.62. The third-order valence-electron chi connectivity index (χ3n) is 1.93. The van der Waals surface area contributed by atoms with E-state index >= 15 is 0 Å². The fourth-order valence-corrected chi connectivity index (χ4v) is 3.10. The second-order valence-electron chi connectivity index (χ2n) is 3.22. The zero-order valence-corrected chi connectivity index (χ0v) is 11.0. The lowest BCUT2D eigenvalue weighted by Crippen LogP contribution is -2.03. The minimum Gasteiger partial charge on any atom is -0.354 e. The first-order valence-electron chi connectivity index (χ1n) is 5.33. The van der Waals surface area contributed by atoms with Gasteiger partial charge in [-0.2, -0.15) is 0 Å². The van der Waals surface area contributed by atoms with Crippen LogP contribution >= 0.6 is 23.1 Å². The van der Waals surface area contributed by atoms with E-state index in [4.69, 9.17) is 0 Å². The number of hydrogen-bond donors (Lipinski definition) is 1. The van der Waals surface area contributed by atoms with Gasteiger partial charge < -0.3 is 5.32 Å². The van der Waals surface area contributed by atoms with Crippen LogP contribution in [-0.2, 0) is 0 Å². The van der Waals surface area contributed by atoms with E-state index in [9.17, 15) is 0 Å². The molecule has 2 heterocycles. The number of anilines is 1. The van der Waals surface area contributed by atoms with Gasteiger partial charge in [-0.3, -0.25) is 0 Å². The Balaban J connectivity index is 2.23. The minimum absolute atomic E-state index is 0.700. The second-order valence-corrected chi connectivity index (χ2v) is 5.71. The fraction of sp³-hybridized carbons (Fsp3) is 0.500. The van der Waals surface area contributed by atoms with Crippen molar-refractivity contribution in [1.29, 1.82) is 0 Å². The van der Waals surface area contributed by atoms with Gasteiger partial charge in [0.05, 0.1) is 6.20 Å². The smallest absolute Gasteiger partial charge is 0.224 e. The van der Waals surface area contributed by atoms with Gasteiger partial charge in [0.2, 0.25) is 5.95 Å². The highest BCUT2D eigenvalue weighted by Gasteiger charge is 2.06. The first kappa shape index (κ1) is 11.6. The Morgan fingerprint density at radius 1 is 1.38 bits per heavy atom. The number of rotatable bonds is 5. The third-order valence-corrected chi connectivity index (χ3v) is 3.92. The molecular formula is C10H14N4S2. The molecule has 0 aliphatic carbocycles. The zero-order chi connectivity index (χ0) is 11.4. The van der Waals surface area contributed by atoms with E-state index in [1.54, 1.807) is 29.3 Å². The molecule has 0 saturated heterocycles. The molecule has 0 radical (unpaired) electrons. The van der Waals surface area contributed by atoms with Crippen LogP contribution in [0, 0.1) is 0 Å². The molecule has 0 bridgehead atoms. The Hall–Kier alpha value is -0.880. The molecule has 2 aromatic heterocycles. The van der Waals surface area contributed by atoms with Gasteiger partial charge in [-0.05, 0) is 12.2 Å². The van der Waals surface area contributed by atoms with E-state index < -0.39 is 0 Å². The fourth-order valence-electron chi connectivity index (χ4n) is 1.22. The van der Waals surface area contributed by atoms with Crippen molar-refractivity contribution in [2.75, 3.05) is 17.6 Å². The predicted molar refractivity (Wildman–Crippen MR) is 70.4 cm³/mol. The standard InChI is InChI=1S/C10H14N4S2/c1-3-5-11-9-12-6-7-8(14-9)16-10(13-7)15-4-2/h6H,3-5H2,1-2H3,(H,11,12,14). The van der Waals surface area contributed by atoms with Crippen molar-refractivity contribution in [2.45, 2.75) is 24.6 Å². The molecular weight excluding hydrogens is 240 g/mol. The molecule has 0 aliphatic rings. The number of thiazole rings is 1. The Kier molecular flexibility index (Phi) is 3.95. The molecule has 4 nitrogen and oxygen atoms in total. The molecule has 0 aromatic carbocycles. The summed E-state index contributed by atoms with van der Waals surface area (Å²) in [4.78, 5) is 14.1. The quantitative estimate of drug-likeness (QED) is 0.831. The number of fused-ring (bicyclic) bond motifs is 1. The van der Waals surface area contributed by atoms with Crippen molar-refractivity contribution in [2.24, 2.45) is 0 Å². The summed E-state index contributed by atoms with van der Waals surface area (Å²) in [5, 5.41) is 3.18. The summed E-state index contributed by atoms with van der Waals surface area (Å²) in [6.45, 7) is 5.14. The summed E-state index contributed by atoms with van der Waals surface area (Å²) in [7, 11) is 0. The van der Waals surface area contributed by atoms with Crippen LogP contribution in [0.3, 0.4) is 0 Å². The van der Waals surface area contributed by atoms with Crippen molar-refractivity contribution < 1.29 is 0 Å². The summed E-state index contributed by atoms with van der Waals surface area (Å²) >= 11 is 3.37. The minimum atomic E-state index is 0.700. The van der Waals surface area contributed by atoms with Crippen molar-refractivity contribution in [3.63, 3.8) is 0 Å². The van der Waals surface area contributed by atoms with Crippen molar-refractivity contribution in [3.8, 4) is 0 Å². The monoisotopic (exact) mass is 254 g/mol. The molecule has 2 aromatic rings. The van der Waals surface area contributed by atoms with Gasteiger partial charge >= 0.3 is 0 Å². The summed E-state index contributed by atoms with van der Waals surface area (Å²) in [5.74, 6) is 1.74. The van der Waals surface area contributed by atoms with Gasteiger partial charge in [0.25, 0.3) is 0 Å². The normalized spacial score (nSPS) is 10.9. The molecule has 0 saturated carbocycles. The lowest BCUT2D eigenvalue weighted by atomic mass is 10.5. The number of aromatic nitrogens is 3. The van der Waals surface area contributed by atoms with Gasteiger partial charge in [0.1, 0.15) is 10.3 Å². The maximum atomic E-state index is 4.45. The lowest BCUT2D eigenvalue weighted by molar-refractivity contribution is 0.957. The molecule has 0 amide bonds. The van der Waals surface area contributed by atoms with E-state index in [-0.39, 0.29) is 0 Å². The number of nitrogens with one attached hydrogen (secondary N) is 1. The van der Waals surface area contributed by atoms with Gasteiger partial charge in [0, 0.05) is 6.54 Å². The second kappa shape index (κ2) is 5.45. The number of nitrogens with zero attached hydrogens (tertiary/aromatic N) is 3. The predicted octanol–water partition coefficient (Wildman–Crippen LogP) is 3.02. The van der Waals surface area contributed by atoms with E-state index in [0.717, 1.165) is 33.4 Å². The van der Waals surface area contributed by atoms with E-state index in [0.29, 0.717) is 5.95 Å². The molecule has 0 spiro atoms. The van der Waals surface area contributed by atoms with Crippen LogP contribution in [0.4, 0.5) is 5.95 Å². The van der Waals surface area contributed by atoms with Crippen LogP contribution in [0.15, 0.2) is 10.5 Å². The van der Waals surface area contributed by atoms with Crippen LogP contribution in [0.1, 0.15) is 20.3 Å². The van der Waals surface area contributed by atoms with Crippen LogP contribution in [0.5, 0.6) is 0 Å². The van der Waals surface area contributed by atoms with Crippen LogP contribution < -0.4 is 5.32 Å². The highest BCUT2D eigenvalue weighted by molar-refractivity contribution is 8.01. The Morgan fingerprint density at radius 2 is 2.25 bits per heavy atom. The largest absolute Gasteiger partial charge is 0.354 e. The van der Waals surface area contributed by atoms with Crippen LogP contribution in [0.2, 0.25) is 0 Å². The van der Waals surface area contributed by atoms with Gasteiger partial charge in [0.15, 0.2) is 4.34 Å². The highest BCUT2D eigenvalue weighted by Crippen LogP contribution is 2.28. The molecule has 2 rings (SSSR count).